The highest BCUT2D eigenvalue weighted by Gasteiger charge is 2.24. The van der Waals surface area contributed by atoms with E-state index in [1.807, 2.05) is 44.3 Å². The van der Waals surface area contributed by atoms with E-state index < -0.39 is 6.04 Å². The van der Waals surface area contributed by atoms with Crippen LogP contribution in [0.2, 0.25) is 0 Å². The summed E-state index contributed by atoms with van der Waals surface area (Å²) in [5.41, 5.74) is 2.49. The van der Waals surface area contributed by atoms with Gasteiger partial charge in [-0.3, -0.25) is 14.9 Å². The molecule has 0 aliphatic carbocycles. The molecule has 2 amide bonds. The van der Waals surface area contributed by atoms with E-state index in [1.54, 1.807) is 6.07 Å². The number of amides is 2. The third kappa shape index (κ3) is 3.71. The Hall–Kier alpha value is -3.09. The average molecular weight is 340 g/mol. The molecule has 0 aliphatic heterocycles. The third-order valence-corrected chi connectivity index (χ3v) is 3.92. The van der Waals surface area contributed by atoms with E-state index in [9.17, 15) is 9.59 Å². The van der Waals surface area contributed by atoms with Crippen molar-refractivity contribution in [1.82, 2.24) is 15.5 Å². The quantitative estimate of drug-likeness (QED) is 0.665. The summed E-state index contributed by atoms with van der Waals surface area (Å²) >= 11 is 0. The van der Waals surface area contributed by atoms with Crippen molar-refractivity contribution in [2.75, 3.05) is 5.32 Å². The van der Waals surface area contributed by atoms with Gasteiger partial charge in [0.05, 0.1) is 0 Å². The molecule has 7 heteroatoms. The largest absolute Gasteiger partial charge is 0.361 e. The van der Waals surface area contributed by atoms with E-state index in [1.165, 1.54) is 6.92 Å². The zero-order chi connectivity index (χ0) is 18.0. The van der Waals surface area contributed by atoms with Gasteiger partial charge < -0.3 is 14.8 Å². The number of hydrogen-bond donors (Lipinski definition) is 3. The number of aromatic amines is 1. The zero-order valence-electron chi connectivity index (χ0n) is 14.3. The molecule has 130 valence electrons. The number of H-pyrrole nitrogens is 1. The van der Waals surface area contributed by atoms with Gasteiger partial charge in [0, 0.05) is 30.3 Å². The van der Waals surface area contributed by atoms with Crippen LogP contribution < -0.4 is 10.6 Å². The van der Waals surface area contributed by atoms with Crippen molar-refractivity contribution in [1.29, 1.82) is 0 Å². The molecule has 0 aliphatic rings. The molecule has 0 bridgehead atoms. The molecule has 0 fully saturated rings. The molecule has 1 aromatic carbocycles. The van der Waals surface area contributed by atoms with Gasteiger partial charge in [-0.1, -0.05) is 31.1 Å². The average Bonchev–Trinajstić information content (AvgIpc) is 3.20. The minimum Gasteiger partial charge on any atom is -0.361 e. The van der Waals surface area contributed by atoms with Crippen molar-refractivity contribution in [3.63, 3.8) is 0 Å². The lowest BCUT2D eigenvalue weighted by molar-refractivity contribution is -0.126. The maximum atomic E-state index is 12.4. The van der Waals surface area contributed by atoms with Crippen molar-refractivity contribution in [2.24, 2.45) is 5.92 Å². The second kappa shape index (κ2) is 6.80. The van der Waals surface area contributed by atoms with Crippen LogP contribution in [0.3, 0.4) is 0 Å². The van der Waals surface area contributed by atoms with Crippen molar-refractivity contribution in [3.8, 4) is 11.3 Å². The lowest BCUT2D eigenvalue weighted by Crippen LogP contribution is -2.46. The third-order valence-electron chi connectivity index (χ3n) is 3.92. The fourth-order valence-electron chi connectivity index (χ4n) is 2.63. The maximum absolute atomic E-state index is 12.4. The fourth-order valence-corrected chi connectivity index (χ4v) is 2.63. The first kappa shape index (κ1) is 16.8. The number of benzene rings is 1. The SMILES string of the molecule is CC(=O)N[C@@H](C(=O)Nc1cc(-c2ccc3cc[nH]c3c2)no1)C(C)C. The second-order valence-electron chi connectivity index (χ2n) is 6.27. The summed E-state index contributed by atoms with van der Waals surface area (Å²) in [5.74, 6) is -0.414. The predicted octanol–water partition coefficient (Wildman–Crippen LogP) is 2.92. The van der Waals surface area contributed by atoms with E-state index in [-0.39, 0.29) is 23.6 Å². The van der Waals surface area contributed by atoms with Crippen molar-refractivity contribution < 1.29 is 14.1 Å². The molecule has 3 N–H and O–H groups in total. The van der Waals surface area contributed by atoms with Crippen LogP contribution in [0.5, 0.6) is 0 Å². The molecule has 0 saturated heterocycles. The topological polar surface area (TPSA) is 100 Å². The van der Waals surface area contributed by atoms with Crippen LogP contribution in [-0.4, -0.2) is 28.0 Å². The lowest BCUT2D eigenvalue weighted by atomic mass is 10.0. The molecule has 0 unspecified atom stereocenters. The number of hydrogen-bond acceptors (Lipinski definition) is 4. The molecule has 3 aromatic rings. The molecule has 0 spiro atoms. The monoisotopic (exact) mass is 340 g/mol. The van der Waals surface area contributed by atoms with Crippen LogP contribution >= 0.6 is 0 Å². The molecule has 0 radical (unpaired) electrons. The van der Waals surface area contributed by atoms with Gasteiger partial charge in [0.1, 0.15) is 11.7 Å². The van der Waals surface area contributed by atoms with Gasteiger partial charge in [-0.2, -0.15) is 0 Å². The summed E-state index contributed by atoms with van der Waals surface area (Å²) in [5, 5.41) is 10.4. The van der Waals surface area contributed by atoms with Crippen LogP contribution in [-0.2, 0) is 9.59 Å². The molecule has 25 heavy (non-hydrogen) atoms. The zero-order valence-corrected chi connectivity index (χ0v) is 14.3. The van der Waals surface area contributed by atoms with Crippen LogP contribution in [0.15, 0.2) is 41.1 Å². The van der Waals surface area contributed by atoms with E-state index >= 15 is 0 Å². The number of carbonyl (C=O) groups is 2. The number of nitrogens with zero attached hydrogens (tertiary/aromatic N) is 1. The van der Waals surface area contributed by atoms with Crippen LogP contribution in [0.25, 0.3) is 22.2 Å². The summed E-state index contributed by atoms with van der Waals surface area (Å²) in [6.45, 7) is 5.10. The van der Waals surface area contributed by atoms with E-state index in [4.69, 9.17) is 4.52 Å². The van der Waals surface area contributed by atoms with Crippen molar-refractivity contribution in [3.05, 3.63) is 36.5 Å². The lowest BCUT2D eigenvalue weighted by Gasteiger charge is -2.19. The van der Waals surface area contributed by atoms with Gasteiger partial charge in [-0.25, -0.2) is 0 Å². The molecule has 3 rings (SSSR count). The first-order valence-corrected chi connectivity index (χ1v) is 8.06. The molecule has 7 nitrogen and oxygen atoms in total. The van der Waals surface area contributed by atoms with E-state index in [2.05, 4.69) is 20.8 Å². The maximum Gasteiger partial charge on any atom is 0.249 e. The standard InChI is InChI=1S/C18H20N4O3/c1-10(2)17(20-11(3)23)18(24)21-16-9-15(22-25-16)13-5-4-12-6-7-19-14(12)8-13/h4-10,17,19H,1-3H3,(H,20,23)(H,21,24)/t17-/m1/s1. The number of aromatic nitrogens is 2. The minimum absolute atomic E-state index is 0.0541. The summed E-state index contributed by atoms with van der Waals surface area (Å²) in [6, 6.07) is 8.90. The van der Waals surface area contributed by atoms with Crippen LogP contribution in [0, 0.1) is 5.92 Å². The summed E-state index contributed by atoms with van der Waals surface area (Å²) < 4.78 is 5.21. The number of carbonyl (C=O) groups excluding carboxylic acids is 2. The summed E-state index contributed by atoms with van der Waals surface area (Å²) in [4.78, 5) is 26.8. The number of fused-ring (bicyclic) bond motifs is 1. The Bertz CT molecular complexity index is 910. The Kier molecular flexibility index (Phi) is 4.56. The van der Waals surface area contributed by atoms with Gasteiger partial charge in [-0.15, -0.1) is 0 Å². The molecular formula is C18H20N4O3. The van der Waals surface area contributed by atoms with Gasteiger partial charge in [0.2, 0.25) is 17.7 Å². The van der Waals surface area contributed by atoms with Crippen LogP contribution in [0.1, 0.15) is 20.8 Å². The number of anilines is 1. The van der Waals surface area contributed by atoms with Crippen molar-refractivity contribution in [2.45, 2.75) is 26.8 Å². The Morgan fingerprint density at radius 2 is 2.00 bits per heavy atom. The Morgan fingerprint density at radius 1 is 1.20 bits per heavy atom. The Labute approximate surface area is 144 Å². The van der Waals surface area contributed by atoms with E-state index in [0.717, 1.165) is 16.5 Å². The van der Waals surface area contributed by atoms with Gasteiger partial charge >= 0.3 is 0 Å². The number of nitrogens with one attached hydrogen (secondary N) is 3. The highest BCUT2D eigenvalue weighted by Crippen LogP contribution is 2.25. The Morgan fingerprint density at radius 3 is 2.72 bits per heavy atom. The smallest absolute Gasteiger partial charge is 0.249 e. The van der Waals surface area contributed by atoms with Gasteiger partial charge in [0.25, 0.3) is 0 Å². The molecule has 0 saturated carbocycles. The normalized spacial score (nSPS) is 12.3. The molecule has 2 heterocycles. The summed E-state index contributed by atoms with van der Waals surface area (Å²) in [7, 11) is 0. The molecular weight excluding hydrogens is 320 g/mol. The van der Waals surface area contributed by atoms with Gasteiger partial charge in [0.15, 0.2) is 0 Å². The Balaban J connectivity index is 1.76. The summed E-state index contributed by atoms with van der Waals surface area (Å²) in [6.07, 6.45) is 1.87. The van der Waals surface area contributed by atoms with Gasteiger partial charge in [-0.05, 0) is 23.4 Å². The molecule has 1 atom stereocenters. The van der Waals surface area contributed by atoms with Crippen molar-refractivity contribution >= 4 is 28.6 Å². The highest BCUT2D eigenvalue weighted by atomic mass is 16.5. The molecule has 2 aromatic heterocycles. The number of rotatable bonds is 5. The minimum atomic E-state index is -0.638. The first-order chi connectivity index (χ1) is 11.9. The van der Waals surface area contributed by atoms with Crippen LogP contribution in [0.4, 0.5) is 5.88 Å². The predicted molar refractivity (Wildman–Crippen MR) is 94.9 cm³/mol. The first-order valence-electron chi connectivity index (χ1n) is 8.06. The second-order valence-corrected chi connectivity index (χ2v) is 6.27. The highest BCUT2D eigenvalue weighted by molar-refractivity contribution is 5.96. The fraction of sp³-hybridized carbons (Fsp3) is 0.278. The van der Waals surface area contributed by atoms with E-state index in [0.29, 0.717) is 5.69 Å².